The number of furan rings is 1. The number of fused-ring (bicyclic) bond motifs is 3. The fourth-order valence-corrected chi connectivity index (χ4v) is 4.22. The summed E-state index contributed by atoms with van der Waals surface area (Å²) in [6, 6.07) is 32.1. The number of benzene rings is 4. The van der Waals surface area contributed by atoms with Crippen molar-refractivity contribution in [2.24, 2.45) is 9.98 Å². The van der Waals surface area contributed by atoms with Crippen LogP contribution in [0, 0.1) is 0 Å². The zero-order valence-electron chi connectivity index (χ0n) is 18.1. The summed E-state index contributed by atoms with van der Waals surface area (Å²) in [5.74, 6) is 0.596. The summed E-state index contributed by atoms with van der Waals surface area (Å²) in [4.78, 5) is 9.92. The third-order valence-corrected chi connectivity index (χ3v) is 6.00. The van der Waals surface area contributed by atoms with Crippen molar-refractivity contribution in [1.82, 2.24) is 0 Å². The molecule has 0 amide bonds. The number of hydrogen-bond donors (Lipinski definition) is 0. The van der Waals surface area contributed by atoms with Crippen molar-refractivity contribution < 1.29 is 4.42 Å². The number of hydrogen-bond acceptors (Lipinski definition) is 2. The van der Waals surface area contributed by atoms with Crippen LogP contribution in [0.5, 0.6) is 0 Å². The summed E-state index contributed by atoms with van der Waals surface area (Å²) < 4.78 is 7.12. The molecule has 0 saturated heterocycles. The van der Waals surface area contributed by atoms with Crippen molar-refractivity contribution in [2.75, 3.05) is 0 Å². The summed E-state index contributed by atoms with van der Waals surface area (Å²) in [6.45, 7) is 6.23. The molecule has 160 valence electrons. The van der Waals surface area contributed by atoms with E-state index in [0.29, 0.717) is 11.5 Å². The molecule has 0 aliphatic rings. The van der Waals surface area contributed by atoms with Gasteiger partial charge in [-0.1, -0.05) is 95.3 Å². The zero-order valence-corrected chi connectivity index (χ0v) is 19.7. The van der Waals surface area contributed by atoms with Crippen molar-refractivity contribution in [3.63, 3.8) is 0 Å². The molecule has 1 aromatic heterocycles. The molecule has 1 heterocycles. The van der Waals surface area contributed by atoms with E-state index in [9.17, 15) is 0 Å². The predicted octanol–water partition coefficient (Wildman–Crippen LogP) is 8.28. The Morgan fingerprint density at radius 2 is 1.45 bits per heavy atom. The molecule has 4 heteroatoms. The van der Waals surface area contributed by atoms with Crippen LogP contribution in [0.25, 0.3) is 27.6 Å². The maximum atomic E-state index is 6.13. The van der Waals surface area contributed by atoms with Crippen LogP contribution in [-0.2, 0) is 0 Å². The SMILES string of the molecule is C=C(/N=C(\N=C(/C)c1ccccc1)c1cccc2oc3ccc(Br)cc3c12)c1ccccc1. The number of rotatable bonds is 4. The Balaban J connectivity index is 1.75. The van der Waals surface area contributed by atoms with E-state index >= 15 is 0 Å². The lowest BCUT2D eigenvalue weighted by atomic mass is 10.0. The molecule has 0 aliphatic heterocycles. The first-order valence-electron chi connectivity index (χ1n) is 10.6. The quantitative estimate of drug-likeness (QED) is 0.183. The molecule has 5 aromatic rings. The molecule has 0 saturated carbocycles. The van der Waals surface area contributed by atoms with Gasteiger partial charge in [-0.2, -0.15) is 0 Å². The second kappa shape index (κ2) is 9.00. The van der Waals surface area contributed by atoms with Crippen LogP contribution < -0.4 is 0 Å². The molecule has 0 fully saturated rings. The van der Waals surface area contributed by atoms with Crippen molar-refractivity contribution >= 4 is 55.1 Å². The number of nitrogens with zero attached hydrogens (tertiary/aromatic N) is 2. The van der Waals surface area contributed by atoms with E-state index in [-0.39, 0.29) is 0 Å². The fourth-order valence-electron chi connectivity index (χ4n) is 3.86. The van der Waals surface area contributed by atoms with E-state index in [1.165, 1.54) is 0 Å². The lowest BCUT2D eigenvalue weighted by molar-refractivity contribution is 0.669. The summed E-state index contributed by atoms with van der Waals surface area (Å²) >= 11 is 3.59. The Morgan fingerprint density at radius 3 is 2.18 bits per heavy atom. The highest BCUT2D eigenvalue weighted by Crippen LogP contribution is 2.34. The molecule has 3 nitrogen and oxygen atoms in total. The Bertz CT molecular complexity index is 1530. The minimum Gasteiger partial charge on any atom is -0.456 e. The van der Waals surface area contributed by atoms with Crippen molar-refractivity contribution in [3.8, 4) is 0 Å². The lowest BCUT2D eigenvalue weighted by Crippen LogP contribution is -2.04. The van der Waals surface area contributed by atoms with Crippen LogP contribution in [0.1, 0.15) is 23.6 Å². The van der Waals surface area contributed by atoms with Crippen LogP contribution in [0.4, 0.5) is 0 Å². The molecule has 0 aliphatic carbocycles. The topological polar surface area (TPSA) is 37.9 Å². The maximum absolute atomic E-state index is 6.13. The first-order valence-corrected chi connectivity index (χ1v) is 11.4. The van der Waals surface area contributed by atoms with E-state index in [1.807, 2.05) is 97.9 Å². The van der Waals surface area contributed by atoms with Crippen molar-refractivity contribution in [3.05, 3.63) is 125 Å². The molecule has 0 bridgehead atoms. The number of aliphatic imine (C=N–C) groups is 2. The average Bonchev–Trinajstić information content (AvgIpc) is 3.22. The molecule has 0 N–H and O–H groups in total. The van der Waals surface area contributed by atoms with Crippen LogP contribution in [0.3, 0.4) is 0 Å². The summed E-state index contributed by atoms with van der Waals surface area (Å²) in [5.41, 5.74) is 6.05. The Labute approximate surface area is 200 Å². The van der Waals surface area contributed by atoms with Crippen LogP contribution in [-0.4, -0.2) is 11.5 Å². The Kier molecular flexibility index (Phi) is 5.76. The molecule has 0 atom stereocenters. The zero-order chi connectivity index (χ0) is 22.8. The smallest absolute Gasteiger partial charge is 0.160 e. The van der Waals surface area contributed by atoms with Gasteiger partial charge < -0.3 is 4.42 Å². The predicted molar refractivity (Wildman–Crippen MR) is 142 cm³/mol. The van der Waals surface area contributed by atoms with Crippen molar-refractivity contribution in [2.45, 2.75) is 6.92 Å². The molecule has 33 heavy (non-hydrogen) atoms. The van der Waals surface area contributed by atoms with Gasteiger partial charge in [0.2, 0.25) is 0 Å². The van der Waals surface area contributed by atoms with E-state index in [0.717, 1.165) is 48.8 Å². The van der Waals surface area contributed by atoms with Gasteiger partial charge in [-0.15, -0.1) is 0 Å². The van der Waals surface area contributed by atoms with Gasteiger partial charge in [-0.25, -0.2) is 9.98 Å². The number of amidine groups is 1. The second-order valence-corrected chi connectivity index (χ2v) is 8.65. The first-order chi connectivity index (χ1) is 16.1. The first kappa shape index (κ1) is 21.1. The van der Waals surface area contributed by atoms with Gasteiger partial charge in [0, 0.05) is 26.5 Å². The maximum Gasteiger partial charge on any atom is 0.160 e. The molecule has 5 rings (SSSR count). The summed E-state index contributed by atoms with van der Waals surface area (Å²) in [7, 11) is 0. The van der Waals surface area contributed by atoms with E-state index in [1.54, 1.807) is 0 Å². The van der Waals surface area contributed by atoms with Gasteiger partial charge in [-0.3, -0.25) is 0 Å². The number of halogens is 1. The highest BCUT2D eigenvalue weighted by atomic mass is 79.9. The molecular weight excluding hydrogens is 472 g/mol. The lowest BCUT2D eigenvalue weighted by Gasteiger charge is -2.08. The van der Waals surface area contributed by atoms with Crippen LogP contribution >= 0.6 is 15.9 Å². The normalized spacial score (nSPS) is 12.4. The van der Waals surface area contributed by atoms with Gasteiger partial charge >= 0.3 is 0 Å². The molecule has 0 unspecified atom stereocenters. The highest BCUT2D eigenvalue weighted by molar-refractivity contribution is 9.10. The Hall–Kier alpha value is -3.76. The van der Waals surface area contributed by atoms with Crippen LogP contribution in [0.15, 0.2) is 123 Å². The fraction of sp³-hybridized carbons (Fsp3) is 0.0345. The largest absolute Gasteiger partial charge is 0.456 e. The van der Waals surface area contributed by atoms with Gasteiger partial charge in [0.1, 0.15) is 11.2 Å². The molecular formula is C29H21BrN2O. The minimum atomic E-state index is 0.596. The van der Waals surface area contributed by atoms with Gasteiger partial charge in [0.15, 0.2) is 5.84 Å². The van der Waals surface area contributed by atoms with E-state index < -0.39 is 0 Å². The van der Waals surface area contributed by atoms with Gasteiger partial charge in [-0.05, 0) is 42.3 Å². The highest BCUT2D eigenvalue weighted by Gasteiger charge is 2.16. The standard InChI is InChI=1S/C29H21BrN2O/c1-19(21-10-5-3-6-11-21)31-29(32-20(2)22-12-7-4-8-13-22)24-14-9-15-27-28(24)25-18-23(30)16-17-26(25)33-27/h3-18H,1H2,2H3/b31-29-,32-20+. The van der Waals surface area contributed by atoms with Crippen molar-refractivity contribution in [1.29, 1.82) is 0 Å². The Morgan fingerprint density at radius 1 is 0.758 bits per heavy atom. The monoisotopic (exact) mass is 492 g/mol. The van der Waals surface area contributed by atoms with Crippen LogP contribution in [0.2, 0.25) is 0 Å². The van der Waals surface area contributed by atoms with E-state index in [2.05, 4.69) is 28.6 Å². The second-order valence-electron chi connectivity index (χ2n) is 7.73. The molecule has 0 spiro atoms. The third-order valence-electron chi connectivity index (χ3n) is 5.51. The van der Waals surface area contributed by atoms with E-state index in [4.69, 9.17) is 14.4 Å². The average molecular weight is 493 g/mol. The summed E-state index contributed by atoms with van der Waals surface area (Å²) in [6.07, 6.45) is 0. The van der Waals surface area contributed by atoms with Gasteiger partial charge in [0.25, 0.3) is 0 Å². The minimum absolute atomic E-state index is 0.596. The van der Waals surface area contributed by atoms with Gasteiger partial charge in [0.05, 0.1) is 5.70 Å². The third kappa shape index (κ3) is 4.30. The molecule has 4 aromatic carbocycles. The molecule has 0 radical (unpaired) electrons. The summed E-state index contributed by atoms with van der Waals surface area (Å²) in [5, 5.41) is 2.00.